The number of hydrogen-bond donors (Lipinski definition) is 3. The number of para-hydroxylation sites is 1. The lowest BCUT2D eigenvalue weighted by atomic mass is 9.93. The molecule has 3 unspecified atom stereocenters. The third-order valence-electron chi connectivity index (χ3n) is 10.0. The average Bonchev–Trinajstić information content (AvgIpc) is 3.50. The van der Waals surface area contributed by atoms with Gasteiger partial charge in [0, 0.05) is 21.5 Å². The monoisotopic (exact) mass is 604 g/mol. The van der Waals surface area contributed by atoms with Crippen molar-refractivity contribution >= 4 is 64.9 Å². The van der Waals surface area contributed by atoms with Crippen molar-refractivity contribution in [2.45, 2.75) is 18.6 Å². The van der Waals surface area contributed by atoms with Crippen LogP contribution in [0.25, 0.3) is 64.9 Å². The molecule has 8 aromatic carbocycles. The van der Waals surface area contributed by atoms with E-state index in [1.165, 1.54) is 76.0 Å². The molecule has 1 saturated heterocycles. The molecule has 3 N–H and O–H groups in total. The van der Waals surface area contributed by atoms with Gasteiger partial charge < -0.3 is 4.57 Å². The van der Waals surface area contributed by atoms with Gasteiger partial charge in [-0.3, -0.25) is 16.0 Å². The lowest BCUT2D eigenvalue weighted by molar-refractivity contribution is 0.161. The van der Waals surface area contributed by atoms with E-state index < -0.39 is 0 Å². The van der Waals surface area contributed by atoms with Crippen LogP contribution >= 0.6 is 0 Å². The highest BCUT2D eigenvalue weighted by atomic mass is 15.4. The SMILES string of the molecule is c1ccc(C2NC(c3ccc4ccccc4c3)NC(n3c4ccccc4c4c5c6ccccc6ccc5c5ccccc5c43)N2)cc1. The van der Waals surface area contributed by atoms with Crippen molar-refractivity contribution < 1.29 is 0 Å². The normalized spacial score (nSPS) is 18.6. The van der Waals surface area contributed by atoms with E-state index in [1.807, 2.05) is 0 Å². The Balaban J connectivity index is 1.27. The van der Waals surface area contributed by atoms with E-state index in [2.05, 4.69) is 178 Å². The smallest absolute Gasteiger partial charge is 0.142 e. The van der Waals surface area contributed by atoms with E-state index in [4.69, 9.17) is 0 Å². The second-order valence-electron chi connectivity index (χ2n) is 12.7. The van der Waals surface area contributed by atoms with Crippen LogP contribution in [-0.2, 0) is 0 Å². The predicted molar refractivity (Wildman–Crippen MR) is 196 cm³/mol. The molecule has 1 aliphatic rings. The first-order valence-electron chi connectivity index (χ1n) is 16.4. The minimum absolute atomic E-state index is 0.0808. The summed E-state index contributed by atoms with van der Waals surface area (Å²) < 4.78 is 2.51. The Kier molecular flexibility index (Phi) is 5.96. The van der Waals surface area contributed by atoms with Crippen LogP contribution in [0.1, 0.15) is 29.7 Å². The molecule has 0 amide bonds. The highest BCUT2D eigenvalue weighted by Crippen LogP contribution is 2.45. The molecule has 0 aliphatic carbocycles. The first kappa shape index (κ1) is 26.7. The Bertz CT molecular complexity index is 2640. The lowest BCUT2D eigenvalue weighted by Gasteiger charge is -2.40. The topological polar surface area (TPSA) is 41.0 Å². The van der Waals surface area contributed by atoms with Crippen LogP contribution in [0.15, 0.2) is 158 Å². The summed E-state index contributed by atoms with van der Waals surface area (Å²) in [6.45, 7) is 0. The van der Waals surface area contributed by atoms with E-state index in [1.54, 1.807) is 0 Å². The molecule has 9 aromatic rings. The number of nitrogens with zero attached hydrogens (tertiary/aromatic N) is 1. The van der Waals surface area contributed by atoms with Crippen molar-refractivity contribution in [3.8, 4) is 0 Å². The quantitative estimate of drug-likeness (QED) is 0.176. The van der Waals surface area contributed by atoms with Gasteiger partial charge in [-0.2, -0.15) is 0 Å². The molecule has 224 valence electrons. The van der Waals surface area contributed by atoms with E-state index in [0.717, 1.165) is 0 Å². The van der Waals surface area contributed by atoms with E-state index in [0.29, 0.717) is 0 Å². The summed E-state index contributed by atoms with van der Waals surface area (Å²) in [5.41, 5.74) is 4.84. The third-order valence-corrected chi connectivity index (χ3v) is 10.0. The molecule has 47 heavy (non-hydrogen) atoms. The van der Waals surface area contributed by atoms with Crippen molar-refractivity contribution in [2.24, 2.45) is 0 Å². The molecule has 4 heteroatoms. The maximum atomic E-state index is 4.01. The van der Waals surface area contributed by atoms with Crippen molar-refractivity contribution in [1.29, 1.82) is 0 Å². The third kappa shape index (κ3) is 4.13. The fourth-order valence-corrected chi connectivity index (χ4v) is 7.93. The minimum atomic E-state index is -0.212. The van der Waals surface area contributed by atoms with Gasteiger partial charge in [-0.05, 0) is 55.6 Å². The number of hydrogen-bond acceptors (Lipinski definition) is 3. The van der Waals surface area contributed by atoms with E-state index in [9.17, 15) is 0 Å². The number of fused-ring (bicyclic) bond motifs is 11. The van der Waals surface area contributed by atoms with Gasteiger partial charge in [0.1, 0.15) is 6.29 Å². The summed E-state index contributed by atoms with van der Waals surface area (Å²) in [7, 11) is 0. The molecule has 2 heterocycles. The van der Waals surface area contributed by atoms with Gasteiger partial charge >= 0.3 is 0 Å². The molecule has 0 bridgehead atoms. The molecule has 4 nitrogen and oxygen atoms in total. The van der Waals surface area contributed by atoms with Crippen molar-refractivity contribution in [3.05, 3.63) is 169 Å². The molecule has 0 radical (unpaired) electrons. The zero-order valence-electron chi connectivity index (χ0n) is 25.7. The molecule has 1 aromatic heterocycles. The van der Waals surface area contributed by atoms with Gasteiger partial charge in [0.15, 0.2) is 0 Å². The molecule has 3 atom stereocenters. The van der Waals surface area contributed by atoms with Gasteiger partial charge in [0.25, 0.3) is 0 Å². The standard InChI is InChI=1S/C43H32N4/c1-2-14-29(15-3-1)41-44-42(31-23-22-27-12-4-5-16-30(27)26-31)46-43(45-41)47-37-21-11-10-20-36(37)39-38-32-17-7-6-13-28(32)24-25-34(38)33-18-8-9-19-35(33)40(39)47/h1-26,41-46H. The molecule has 0 spiro atoms. The average molecular weight is 605 g/mol. The zero-order valence-corrected chi connectivity index (χ0v) is 25.7. The van der Waals surface area contributed by atoms with Crippen LogP contribution in [-0.4, -0.2) is 4.57 Å². The summed E-state index contributed by atoms with van der Waals surface area (Å²) in [5, 5.41) is 24.6. The van der Waals surface area contributed by atoms with Crippen LogP contribution in [0.4, 0.5) is 0 Å². The Morgan fingerprint density at radius 1 is 0.383 bits per heavy atom. The molecule has 1 aliphatic heterocycles. The van der Waals surface area contributed by atoms with E-state index in [-0.39, 0.29) is 18.6 Å². The molecule has 1 fully saturated rings. The van der Waals surface area contributed by atoms with Gasteiger partial charge in [0.2, 0.25) is 0 Å². The highest BCUT2D eigenvalue weighted by Gasteiger charge is 2.32. The van der Waals surface area contributed by atoms with Crippen molar-refractivity contribution in [1.82, 2.24) is 20.5 Å². The Hall–Kier alpha value is -5.52. The second-order valence-corrected chi connectivity index (χ2v) is 12.7. The summed E-state index contributed by atoms with van der Waals surface area (Å²) in [6.07, 6.45) is -0.390. The van der Waals surface area contributed by atoms with E-state index >= 15 is 0 Å². The first-order chi connectivity index (χ1) is 23.3. The highest BCUT2D eigenvalue weighted by molar-refractivity contribution is 6.36. The fourth-order valence-electron chi connectivity index (χ4n) is 7.93. The van der Waals surface area contributed by atoms with Gasteiger partial charge in [-0.1, -0.05) is 146 Å². The predicted octanol–water partition coefficient (Wildman–Crippen LogP) is 10.0. The Labute approximate surface area is 272 Å². The molecular weight excluding hydrogens is 573 g/mol. The summed E-state index contributed by atoms with van der Waals surface area (Å²) in [4.78, 5) is 0. The van der Waals surface area contributed by atoms with Crippen LogP contribution in [0, 0.1) is 0 Å². The first-order valence-corrected chi connectivity index (χ1v) is 16.4. The maximum Gasteiger partial charge on any atom is 0.142 e. The zero-order chi connectivity index (χ0) is 30.9. The molecule has 0 saturated carbocycles. The second kappa shape index (κ2) is 10.5. The maximum absolute atomic E-state index is 4.01. The van der Waals surface area contributed by atoms with Crippen LogP contribution in [0.2, 0.25) is 0 Å². The lowest BCUT2D eigenvalue weighted by Crippen LogP contribution is -2.56. The van der Waals surface area contributed by atoms with Gasteiger partial charge in [0.05, 0.1) is 23.4 Å². The van der Waals surface area contributed by atoms with Crippen molar-refractivity contribution in [2.75, 3.05) is 0 Å². The van der Waals surface area contributed by atoms with Gasteiger partial charge in [-0.15, -0.1) is 0 Å². The summed E-state index contributed by atoms with van der Waals surface area (Å²) in [6, 6.07) is 57.3. The van der Waals surface area contributed by atoms with Crippen LogP contribution in [0.3, 0.4) is 0 Å². The number of nitrogens with one attached hydrogen (secondary N) is 3. The Morgan fingerprint density at radius 3 is 1.83 bits per heavy atom. The number of benzene rings is 8. The minimum Gasteiger partial charge on any atom is -0.311 e. The van der Waals surface area contributed by atoms with Crippen molar-refractivity contribution in [3.63, 3.8) is 0 Å². The van der Waals surface area contributed by atoms with Crippen LogP contribution < -0.4 is 16.0 Å². The summed E-state index contributed by atoms with van der Waals surface area (Å²) in [5.74, 6) is 0. The Morgan fingerprint density at radius 2 is 1.00 bits per heavy atom. The number of rotatable bonds is 3. The molecule has 10 rings (SSSR count). The van der Waals surface area contributed by atoms with Crippen LogP contribution in [0.5, 0.6) is 0 Å². The molecular formula is C43H32N4. The fraction of sp³-hybridized carbons (Fsp3) is 0.0698. The largest absolute Gasteiger partial charge is 0.311 e. The summed E-state index contributed by atoms with van der Waals surface area (Å²) >= 11 is 0. The number of aromatic nitrogens is 1. The van der Waals surface area contributed by atoms with Gasteiger partial charge in [-0.25, -0.2) is 0 Å².